The third-order valence-corrected chi connectivity index (χ3v) is 3.66. The molecular formula is C15H21NO2. The van der Waals surface area contributed by atoms with Crippen LogP contribution in [0.15, 0.2) is 24.3 Å². The molecular weight excluding hydrogens is 226 g/mol. The highest BCUT2D eigenvalue weighted by atomic mass is 16.3. The molecule has 1 heterocycles. The Labute approximate surface area is 108 Å². The lowest BCUT2D eigenvalue weighted by molar-refractivity contribution is -0.123. The summed E-state index contributed by atoms with van der Waals surface area (Å²) >= 11 is 0. The number of anilines is 1. The number of ketones is 1. The van der Waals surface area contributed by atoms with Crippen LogP contribution in [0.3, 0.4) is 0 Å². The summed E-state index contributed by atoms with van der Waals surface area (Å²) in [5.41, 5.74) is 1.13. The Morgan fingerprint density at radius 1 is 1.28 bits per heavy atom. The minimum absolute atomic E-state index is 0.262. The van der Waals surface area contributed by atoms with E-state index in [1.54, 1.807) is 12.1 Å². The van der Waals surface area contributed by atoms with E-state index in [4.69, 9.17) is 0 Å². The largest absolute Gasteiger partial charge is 0.508 e. The summed E-state index contributed by atoms with van der Waals surface area (Å²) in [6, 6.07) is 7.29. The number of hydrogen-bond acceptors (Lipinski definition) is 3. The minimum atomic E-state index is 0.262. The molecule has 18 heavy (non-hydrogen) atoms. The van der Waals surface area contributed by atoms with E-state index in [1.807, 2.05) is 12.1 Å². The number of carbonyl (C=O) groups is 1. The van der Waals surface area contributed by atoms with Crippen molar-refractivity contribution in [1.82, 2.24) is 0 Å². The molecule has 3 heteroatoms. The monoisotopic (exact) mass is 247 g/mol. The van der Waals surface area contributed by atoms with Crippen LogP contribution in [0.2, 0.25) is 0 Å². The molecule has 0 unspecified atom stereocenters. The van der Waals surface area contributed by atoms with Gasteiger partial charge in [0.05, 0.1) is 0 Å². The van der Waals surface area contributed by atoms with Crippen LogP contribution in [-0.4, -0.2) is 24.0 Å². The standard InChI is InChI=1S/C15H21NO2/c1-2-3-15(18)12-8-10-16(11-9-12)13-4-6-14(17)7-5-13/h4-7,12,17H,2-3,8-11H2,1H3. The summed E-state index contributed by atoms with van der Waals surface area (Å²) < 4.78 is 0. The number of nitrogens with zero attached hydrogens (tertiary/aromatic N) is 1. The molecule has 98 valence electrons. The molecule has 1 fully saturated rings. The van der Waals surface area contributed by atoms with E-state index in [0.29, 0.717) is 11.5 Å². The van der Waals surface area contributed by atoms with Crippen LogP contribution in [0.25, 0.3) is 0 Å². The van der Waals surface area contributed by atoms with Crippen molar-refractivity contribution < 1.29 is 9.90 Å². The first-order valence-corrected chi connectivity index (χ1v) is 6.77. The number of hydrogen-bond donors (Lipinski definition) is 1. The maximum absolute atomic E-state index is 11.8. The van der Waals surface area contributed by atoms with Crippen LogP contribution >= 0.6 is 0 Å². The molecule has 0 radical (unpaired) electrons. The van der Waals surface area contributed by atoms with Gasteiger partial charge in [0.25, 0.3) is 0 Å². The van der Waals surface area contributed by atoms with Gasteiger partial charge in [0, 0.05) is 31.1 Å². The van der Waals surface area contributed by atoms with Crippen molar-refractivity contribution in [2.45, 2.75) is 32.6 Å². The van der Waals surface area contributed by atoms with Crippen molar-refractivity contribution in [3.63, 3.8) is 0 Å². The number of aromatic hydroxyl groups is 1. The van der Waals surface area contributed by atoms with E-state index in [2.05, 4.69) is 11.8 Å². The molecule has 1 aromatic carbocycles. The predicted molar refractivity (Wildman–Crippen MR) is 73.0 cm³/mol. The minimum Gasteiger partial charge on any atom is -0.508 e. The molecule has 0 amide bonds. The topological polar surface area (TPSA) is 40.5 Å². The van der Waals surface area contributed by atoms with E-state index >= 15 is 0 Å². The smallest absolute Gasteiger partial charge is 0.136 e. The number of piperidine rings is 1. The third kappa shape index (κ3) is 3.03. The van der Waals surface area contributed by atoms with Gasteiger partial charge in [-0.05, 0) is 43.5 Å². The Bertz CT molecular complexity index is 391. The van der Waals surface area contributed by atoms with Crippen molar-refractivity contribution in [3.8, 4) is 5.75 Å². The first-order chi connectivity index (χ1) is 8.70. The van der Waals surface area contributed by atoms with Gasteiger partial charge < -0.3 is 10.0 Å². The molecule has 1 aliphatic rings. The Morgan fingerprint density at radius 2 is 1.89 bits per heavy atom. The molecule has 1 saturated heterocycles. The number of phenolic OH excluding ortho intramolecular Hbond substituents is 1. The molecule has 3 nitrogen and oxygen atoms in total. The fourth-order valence-corrected chi connectivity index (χ4v) is 2.57. The van der Waals surface area contributed by atoms with E-state index in [0.717, 1.165) is 44.5 Å². The Morgan fingerprint density at radius 3 is 2.44 bits per heavy atom. The summed E-state index contributed by atoms with van der Waals surface area (Å²) in [4.78, 5) is 14.1. The predicted octanol–water partition coefficient (Wildman–Crippen LogP) is 2.98. The van der Waals surface area contributed by atoms with Crippen LogP contribution in [0.4, 0.5) is 5.69 Å². The van der Waals surface area contributed by atoms with E-state index in [1.165, 1.54) is 0 Å². The molecule has 0 atom stereocenters. The molecule has 1 aliphatic heterocycles. The zero-order valence-corrected chi connectivity index (χ0v) is 10.9. The van der Waals surface area contributed by atoms with Gasteiger partial charge in [-0.2, -0.15) is 0 Å². The quantitative estimate of drug-likeness (QED) is 0.889. The van der Waals surface area contributed by atoms with Gasteiger partial charge in [0.1, 0.15) is 11.5 Å². The summed E-state index contributed by atoms with van der Waals surface area (Å²) in [7, 11) is 0. The number of Topliss-reactive ketones (excluding diaryl/α,β-unsaturated/α-hetero) is 1. The lowest BCUT2D eigenvalue weighted by Crippen LogP contribution is -2.36. The van der Waals surface area contributed by atoms with Gasteiger partial charge in [-0.15, -0.1) is 0 Å². The van der Waals surface area contributed by atoms with Crippen LogP contribution < -0.4 is 4.90 Å². The molecule has 0 aliphatic carbocycles. The summed E-state index contributed by atoms with van der Waals surface area (Å²) in [6.07, 6.45) is 3.60. The maximum atomic E-state index is 11.8. The van der Waals surface area contributed by atoms with Crippen LogP contribution in [-0.2, 0) is 4.79 Å². The zero-order valence-electron chi connectivity index (χ0n) is 10.9. The molecule has 0 bridgehead atoms. The lowest BCUT2D eigenvalue weighted by atomic mass is 9.90. The van der Waals surface area contributed by atoms with Gasteiger partial charge >= 0.3 is 0 Å². The molecule has 0 aromatic heterocycles. The molecule has 0 spiro atoms. The van der Waals surface area contributed by atoms with Crippen molar-refractivity contribution in [2.24, 2.45) is 5.92 Å². The summed E-state index contributed by atoms with van der Waals surface area (Å²) in [6.45, 7) is 3.93. The van der Waals surface area contributed by atoms with Gasteiger partial charge in [-0.3, -0.25) is 4.79 Å². The van der Waals surface area contributed by atoms with Crippen LogP contribution in [0, 0.1) is 5.92 Å². The zero-order chi connectivity index (χ0) is 13.0. The second-order valence-corrected chi connectivity index (χ2v) is 4.99. The fourth-order valence-electron chi connectivity index (χ4n) is 2.57. The van der Waals surface area contributed by atoms with Gasteiger partial charge in [-0.1, -0.05) is 6.92 Å². The maximum Gasteiger partial charge on any atom is 0.136 e. The number of rotatable bonds is 4. The number of benzene rings is 1. The van der Waals surface area contributed by atoms with Gasteiger partial charge in [-0.25, -0.2) is 0 Å². The average molecular weight is 247 g/mol. The second kappa shape index (κ2) is 5.89. The van der Waals surface area contributed by atoms with Crippen molar-refractivity contribution in [1.29, 1.82) is 0 Å². The Hall–Kier alpha value is -1.51. The highest BCUT2D eigenvalue weighted by Gasteiger charge is 2.24. The average Bonchev–Trinajstić information content (AvgIpc) is 2.40. The Kier molecular flexibility index (Phi) is 4.24. The highest BCUT2D eigenvalue weighted by molar-refractivity contribution is 5.81. The van der Waals surface area contributed by atoms with Gasteiger partial charge in [0.15, 0.2) is 0 Å². The fraction of sp³-hybridized carbons (Fsp3) is 0.533. The molecule has 1 aromatic rings. The first-order valence-electron chi connectivity index (χ1n) is 6.77. The molecule has 2 rings (SSSR count). The second-order valence-electron chi connectivity index (χ2n) is 4.99. The van der Waals surface area contributed by atoms with E-state index in [-0.39, 0.29) is 5.92 Å². The normalized spacial score (nSPS) is 16.8. The highest BCUT2D eigenvalue weighted by Crippen LogP contribution is 2.25. The van der Waals surface area contributed by atoms with Gasteiger partial charge in [0.2, 0.25) is 0 Å². The number of carbonyl (C=O) groups excluding carboxylic acids is 1. The van der Waals surface area contributed by atoms with Crippen molar-refractivity contribution in [3.05, 3.63) is 24.3 Å². The van der Waals surface area contributed by atoms with E-state index in [9.17, 15) is 9.90 Å². The molecule has 1 N–H and O–H groups in total. The first kappa shape index (κ1) is 12.9. The van der Waals surface area contributed by atoms with Crippen LogP contribution in [0.5, 0.6) is 5.75 Å². The summed E-state index contributed by atoms with van der Waals surface area (Å²) in [5, 5.41) is 9.27. The summed E-state index contributed by atoms with van der Waals surface area (Å²) in [5.74, 6) is 0.993. The third-order valence-electron chi connectivity index (χ3n) is 3.66. The molecule has 0 saturated carbocycles. The van der Waals surface area contributed by atoms with Crippen molar-refractivity contribution in [2.75, 3.05) is 18.0 Å². The van der Waals surface area contributed by atoms with E-state index < -0.39 is 0 Å². The lowest BCUT2D eigenvalue weighted by Gasteiger charge is -2.33. The number of phenols is 1. The van der Waals surface area contributed by atoms with Crippen LogP contribution in [0.1, 0.15) is 32.6 Å². The van der Waals surface area contributed by atoms with Crippen molar-refractivity contribution >= 4 is 11.5 Å². The Balaban J connectivity index is 1.90. The SMILES string of the molecule is CCCC(=O)C1CCN(c2ccc(O)cc2)CC1.